The molecule has 42 heavy (non-hydrogen) atoms. The van der Waals surface area contributed by atoms with Crippen LogP contribution in [0, 0.1) is 0 Å². The van der Waals surface area contributed by atoms with Gasteiger partial charge in [0.25, 0.3) is 11.5 Å². The van der Waals surface area contributed by atoms with Crippen molar-refractivity contribution in [1.82, 2.24) is 14.5 Å². The number of aromatic amines is 1. The summed E-state index contributed by atoms with van der Waals surface area (Å²) in [5, 5.41) is 8.37. The maximum absolute atomic E-state index is 13.3. The molecule has 6 aromatic rings. The van der Waals surface area contributed by atoms with Gasteiger partial charge in [0.2, 0.25) is 0 Å². The highest BCUT2D eigenvalue weighted by atomic mass is 16.5. The van der Waals surface area contributed by atoms with E-state index >= 15 is 0 Å². The fourth-order valence-electron chi connectivity index (χ4n) is 4.82. The van der Waals surface area contributed by atoms with Crippen LogP contribution in [0.4, 0.5) is 0 Å². The van der Waals surface area contributed by atoms with Gasteiger partial charge in [0.15, 0.2) is 0 Å². The van der Waals surface area contributed by atoms with E-state index in [1.54, 1.807) is 0 Å². The van der Waals surface area contributed by atoms with Crippen LogP contribution in [0.1, 0.15) is 18.9 Å². The van der Waals surface area contributed by atoms with Crippen molar-refractivity contribution >= 4 is 27.9 Å². The highest BCUT2D eigenvalue weighted by molar-refractivity contribution is 5.96. The van der Waals surface area contributed by atoms with Crippen molar-refractivity contribution < 1.29 is 14.6 Å². The second-order valence-electron chi connectivity index (χ2n) is 9.86. The van der Waals surface area contributed by atoms with Crippen LogP contribution in [-0.4, -0.2) is 32.2 Å². The number of H-pyrrole nitrogens is 1. The van der Waals surface area contributed by atoms with Crippen LogP contribution in [0.2, 0.25) is 0 Å². The fourth-order valence-corrected chi connectivity index (χ4v) is 4.82. The predicted octanol–water partition coefficient (Wildman–Crippen LogP) is 6.23. The molecule has 2 aromatic heterocycles. The Morgan fingerprint density at radius 1 is 0.952 bits per heavy atom. The Kier molecular flexibility index (Phi) is 8.75. The molecule has 0 saturated carbocycles. The van der Waals surface area contributed by atoms with Gasteiger partial charge in [0, 0.05) is 36.7 Å². The summed E-state index contributed by atoms with van der Waals surface area (Å²) >= 11 is 0. The third-order valence-electron chi connectivity index (χ3n) is 6.76. The van der Waals surface area contributed by atoms with E-state index in [1.807, 2.05) is 91.1 Å². The SMILES string of the molecule is CC(=O)O.NCCCn1cc(-c2nc3ccc(-c4ccccc4)cc3[nH]c2=O)c2ccc(OCc3ccccc3)cc21. The molecule has 0 spiro atoms. The normalized spacial score (nSPS) is 10.8. The van der Waals surface area contributed by atoms with Gasteiger partial charge in [-0.15, -0.1) is 0 Å². The van der Waals surface area contributed by atoms with Gasteiger partial charge in [-0.25, -0.2) is 4.98 Å². The van der Waals surface area contributed by atoms with Crippen molar-refractivity contribution in [3.8, 4) is 28.1 Å². The number of hydrogen-bond acceptors (Lipinski definition) is 5. The number of carboxylic acid groups (broad SMARTS) is 1. The number of aliphatic carboxylic acids is 1. The smallest absolute Gasteiger partial charge is 0.300 e. The van der Waals surface area contributed by atoms with E-state index in [9.17, 15) is 4.79 Å². The van der Waals surface area contributed by atoms with E-state index in [1.165, 1.54) is 0 Å². The first-order chi connectivity index (χ1) is 20.4. The largest absolute Gasteiger partial charge is 0.489 e. The molecule has 4 aromatic carbocycles. The van der Waals surface area contributed by atoms with E-state index in [2.05, 4.69) is 21.7 Å². The van der Waals surface area contributed by atoms with Crippen molar-refractivity contribution in [3.63, 3.8) is 0 Å². The average molecular weight is 561 g/mol. The van der Waals surface area contributed by atoms with Gasteiger partial charge >= 0.3 is 0 Å². The lowest BCUT2D eigenvalue weighted by Crippen LogP contribution is -2.11. The van der Waals surface area contributed by atoms with E-state index in [4.69, 9.17) is 25.4 Å². The molecule has 8 nitrogen and oxygen atoms in total. The summed E-state index contributed by atoms with van der Waals surface area (Å²) in [7, 11) is 0. The van der Waals surface area contributed by atoms with E-state index in [0.29, 0.717) is 24.4 Å². The first kappa shape index (κ1) is 28.3. The van der Waals surface area contributed by atoms with Crippen LogP contribution >= 0.6 is 0 Å². The molecule has 0 saturated heterocycles. The van der Waals surface area contributed by atoms with Crippen molar-refractivity contribution in [2.24, 2.45) is 5.73 Å². The van der Waals surface area contributed by atoms with Gasteiger partial charge in [-0.2, -0.15) is 0 Å². The molecule has 0 unspecified atom stereocenters. The van der Waals surface area contributed by atoms with Gasteiger partial charge in [-0.1, -0.05) is 66.7 Å². The zero-order chi connectivity index (χ0) is 29.5. The molecule has 0 aliphatic heterocycles. The summed E-state index contributed by atoms with van der Waals surface area (Å²) in [6, 6.07) is 32.1. The van der Waals surface area contributed by atoms with Crippen LogP contribution in [-0.2, 0) is 17.9 Å². The van der Waals surface area contributed by atoms with Crippen LogP contribution in [0.3, 0.4) is 0 Å². The summed E-state index contributed by atoms with van der Waals surface area (Å²) in [5.74, 6) is -0.0613. The Balaban J connectivity index is 0.000000830. The third kappa shape index (κ3) is 6.56. The molecule has 0 radical (unpaired) electrons. The first-order valence-electron chi connectivity index (χ1n) is 13.7. The lowest BCUT2D eigenvalue weighted by molar-refractivity contribution is -0.134. The third-order valence-corrected chi connectivity index (χ3v) is 6.76. The number of rotatable bonds is 8. The quantitative estimate of drug-likeness (QED) is 0.203. The summed E-state index contributed by atoms with van der Waals surface area (Å²) in [4.78, 5) is 30.2. The molecule has 2 heterocycles. The number of hydrogen-bond donors (Lipinski definition) is 3. The van der Waals surface area contributed by atoms with Gasteiger partial charge in [0.05, 0.1) is 16.6 Å². The number of carboxylic acids is 1. The molecule has 0 aliphatic rings. The molecule has 0 fully saturated rings. The molecule has 0 aliphatic carbocycles. The molecular formula is C34H32N4O4. The number of ether oxygens (including phenoxy) is 1. The molecule has 0 atom stereocenters. The zero-order valence-corrected chi connectivity index (χ0v) is 23.3. The fraction of sp³-hybridized carbons (Fsp3) is 0.147. The first-order valence-corrected chi connectivity index (χ1v) is 13.7. The molecule has 0 bridgehead atoms. The average Bonchev–Trinajstić information content (AvgIpc) is 3.36. The maximum Gasteiger partial charge on any atom is 0.300 e. The Hall–Kier alpha value is -5.21. The highest BCUT2D eigenvalue weighted by Crippen LogP contribution is 2.32. The number of benzene rings is 4. The van der Waals surface area contributed by atoms with Gasteiger partial charge in [0.1, 0.15) is 18.1 Å². The van der Waals surface area contributed by atoms with E-state index in [-0.39, 0.29) is 5.56 Å². The lowest BCUT2D eigenvalue weighted by Gasteiger charge is -2.09. The van der Waals surface area contributed by atoms with Crippen molar-refractivity contribution in [1.29, 1.82) is 0 Å². The topological polar surface area (TPSA) is 123 Å². The summed E-state index contributed by atoms with van der Waals surface area (Å²) in [5.41, 5.74) is 12.5. The summed E-state index contributed by atoms with van der Waals surface area (Å²) in [6.45, 7) is 2.89. The van der Waals surface area contributed by atoms with E-state index < -0.39 is 5.97 Å². The monoisotopic (exact) mass is 560 g/mol. The summed E-state index contributed by atoms with van der Waals surface area (Å²) in [6.07, 6.45) is 2.82. The zero-order valence-electron chi connectivity index (χ0n) is 23.3. The molecule has 6 rings (SSSR count). The number of carbonyl (C=O) groups is 1. The van der Waals surface area contributed by atoms with Crippen molar-refractivity contribution in [2.45, 2.75) is 26.5 Å². The molecule has 0 amide bonds. The Morgan fingerprint density at radius 2 is 1.67 bits per heavy atom. The summed E-state index contributed by atoms with van der Waals surface area (Å²) < 4.78 is 8.22. The highest BCUT2D eigenvalue weighted by Gasteiger charge is 2.16. The Morgan fingerprint density at radius 3 is 2.38 bits per heavy atom. The van der Waals surface area contributed by atoms with Gasteiger partial charge < -0.3 is 25.1 Å². The number of aryl methyl sites for hydroxylation is 1. The van der Waals surface area contributed by atoms with Crippen LogP contribution in [0.5, 0.6) is 5.75 Å². The molecular weight excluding hydrogens is 528 g/mol. The molecule has 8 heteroatoms. The van der Waals surface area contributed by atoms with Crippen LogP contribution in [0.25, 0.3) is 44.3 Å². The minimum Gasteiger partial charge on any atom is -0.489 e. The minimum absolute atomic E-state index is 0.218. The standard InChI is InChI=1S/C32H28N4O2.C2H4O2/c33-16-7-17-36-20-27(26-14-13-25(19-30(26)36)38-21-22-8-3-1-4-9-22)31-32(37)35-29-18-24(12-15-28(29)34-31)23-10-5-2-6-11-23;1-2(3)4/h1-6,8-15,18-20H,7,16-17,21,33H2,(H,35,37);1H3,(H,3,4). The maximum atomic E-state index is 13.3. The number of nitrogens with two attached hydrogens (primary N) is 1. The van der Waals surface area contributed by atoms with Crippen LogP contribution < -0.4 is 16.0 Å². The van der Waals surface area contributed by atoms with Crippen molar-refractivity contribution in [2.75, 3.05) is 6.54 Å². The number of nitrogens with zero attached hydrogens (tertiary/aromatic N) is 2. The molecule has 4 N–H and O–H groups in total. The number of fused-ring (bicyclic) bond motifs is 2. The Bertz CT molecular complexity index is 1880. The number of aromatic nitrogens is 3. The van der Waals surface area contributed by atoms with E-state index in [0.717, 1.165) is 64.3 Å². The lowest BCUT2D eigenvalue weighted by atomic mass is 10.0. The van der Waals surface area contributed by atoms with Gasteiger partial charge in [-0.3, -0.25) is 9.59 Å². The number of nitrogens with one attached hydrogen (secondary N) is 1. The van der Waals surface area contributed by atoms with Gasteiger partial charge in [-0.05, 0) is 53.9 Å². The van der Waals surface area contributed by atoms with Crippen molar-refractivity contribution in [3.05, 3.63) is 119 Å². The second kappa shape index (κ2) is 13.0. The second-order valence-corrected chi connectivity index (χ2v) is 9.86. The molecule has 212 valence electrons. The predicted molar refractivity (Wildman–Crippen MR) is 166 cm³/mol. The van der Waals surface area contributed by atoms with Crippen LogP contribution in [0.15, 0.2) is 108 Å². The Labute approximate surface area is 243 Å². The minimum atomic E-state index is -0.833.